The number of carbonyl (C=O) groups excluding carboxylic acids is 1. The summed E-state index contributed by atoms with van der Waals surface area (Å²) in [6.45, 7) is 3.39. The average Bonchev–Trinajstić information content (AvgIpc) is 2.28. The van der Waals surface area contributed by atoms with Gasteiger partial charge in [0.15, 0.2) is 0 Å². The smallest absolute Gasteiger partial charge is 0.224 e. The number of nitrogens with zero attached hydrogens (tertiary/aromatic N) is 1. The van der Waals surface area contributed by atoms with Crippen LogP contribution >= 0.6 is 0 Å². The number of carbonyl (C=O) groups is 1. The van der Waals surface area contributed by atoms with E-state index in [9.17, 15) is 4.79 Å². The summed E-state index contributed by atoms with van der Waals surface area (Å²) >= 11 is 0. The van der Waals surface area contributed by atoms with E-state index in [1.54, 1.807) is 0 Å². The van der Waals surface area contributed by atoms with Crippen LogP contribution in [-0.2, 0) is 17.8 Å². The fourth-order valence-electron chi connectivity index (χ4n) is 1.90. The van der Waals surface area contributed by atoms with Gasteiger partial charge in [0.2, 0.25) is 5.91 Å². The van der Waals surface area contributed by atoms with Crippen LogP contribution in [-0.4, -0.2) is 37.5 Å². The molecule has 1 aromatic carbocycles. The molecule has 1 aromatic rings. The Morgan fingerprint density at radius 3 is 2.33 bits per heavy atom. The van der Waals surface area contributed by atoms with Crippen LogP contribution in [0.4, 0.5) is 0 Å². The molecule has 100 valence electrons. The fraction of sp³-hybridized carbons (Fsp3) is 0.500. The third-order valence-corrected chi connectivity index (χ3v) is 2.67. The highest BCUT2D eigenvalue weighted by Gasteiger charge is 2.08. The van der Waals surface area contributed by atoms with Crippen molar-refractivity contribution in [2.45, 2.75) is 25.9 Å². The lowest BCUT2D eigenvalue weighted by atomic mass is 10.1. The molecular formula is C14H23N3O. The summed E-state index contributed by atoms with van der Waals surface area (Å²) in [5, 5.41) is 2.98. The minimum absolute atomic E-state index is 0.0600. The molecular weight excluding hydrogens is 226 g/mol. The Kier molecular flexibility index (Phi) is 5.82. The monoisotopic (exact) mass is 249 g/mol. The van der Waals surface area contributed by atoms with Gasteiger partial charge >= 0.3 is 0 Å². The van der Waals surface area contributed by atoms with Crippen molar-refractivity contribution in [2.24, 2.45) is 5.73 Å². The number of nitrogens with one attached hydrogen (secondary N) is 1. The second kappa shape index (κ2) is 7.13. The zero-order chi connectivity index (χ0) is 13.5. The van der Waals surface area contributed by atoms with E-state index in [4.69, 9.17) is 5.73 Å². The van der Waals surface area contributed by atoms with Crippen molar-refractivity contribution in [3.63, 3.8) is 0 Å². The maximum Gasteiger partial charge on any atom is 0.224 e. The number of nitrogens with two attached hydrogens (primary N) is 1. The molecule has 0 heterocycles. The molecule has 4 nitrogen and oxygen atoms in total. The van der Waals surface area contributed by atoms with Gasteiger partial charge in [-0.2, -0.15) is 0 Å². The molecule has 1 rings (SSSR count). The van der Waals surface area contributed by atoms with Crippen LogP contribution < -0.4 is 11.1 Å². The van der Waals surface area contributed by atoms with Crippen molar-refractivity contribution in [2.75, 3.05) is 20.6 Å². The normalized spacial score (nSPS) is 12.5. The largest absolute Gasteiger partial charge is 0.352 e. The summed E-state index contributed by atoms with van der Waals surface area (Å²) in [6.07, 6.45) is 0.419. The van der Waals surface area contributed by atoms with Gasteiger partial charge in [-0.25, -0.2) is 0 Å². The summed E-state index contributed by atoms with van der Waals surface area (Å²) in [5.41, 5.74) is 7.63. The lowest BCUT2D eigenvalue weighted by Crippen LogP contribution is -2.40. The summed E-state index contributed by atoms with van der Waals surface area (Å²) < 4.78 is 0. The van der Waals surface area contributed by atoms with Gasteiger partial charge in [-0.15, -0.1) is 0 Å². The van der Waals surface area contributed by atoms with Crippen molar-refractivity contribution in [3.8, 4) is 0 Å². The van der Waals surface area contributed by atoms with Crippen molar-refractivity contribution < 1.29 is 4.79 Å². The first kappa shape index (κ1) is 14.7. The Bertz CT molecular complexity index is 373. The first-order valence-electron chi connectivity index (χ1n) is 6.23. The third kappa shape index (κ3) is 5.29. The van der Waals surface area contributed by atoms with Crippen LogP contribution in [0.3, 0.4) is 0 Å². The van der Waals surface area contributed by atoms with Crippen LogP contribution in [0.5, 0.6) is 0 Å². The molecule has 0 aliphatic carbocycles. The minimum atomic E-state index is 0.0600. The van der Waals surface area contributed by atoms with Gasteiger partial charge in [0, 0.05) is 19.1 Å². The van der Waals surface area contributed by atoms with Gasteiger partial charge in [0.05, 0.1) is 6.42 Å². The Labute approximate surface area is 109 Å². The molecule has 1 amide bonds. The first-order valence-corrected chi connectivity index (χ1v) is 6.23. The lowest BCUT2D eigenvalue weighted by molar-refractivity contribution is -0.121. The highest BCUT2D eigenvalue weighted by atomic mass is 16.1. The highest BCUT2D eigenvalue weighted by molar-refractivity contribution is 5.78. The first-order chi connectivity index (χ1) is 8.51. The molecule has 0 bridgehead atoms. The third-order valence-electron chi connectivity index (χ3n) is 2.67. The lowest BCUT2D eigenvalue weighted by Gasteiger charge is -2.18. The van der Waals surface area contributed by atoms with Gasteiger partial charge < -0.3 is 16.0 Å². The van der Waals surface area contributed by atoms with E-state index >= 15 is 0 Å². The maximum atomic E-state index is 11.8. The van der Waals surface area contributed by atoms with Gasteiger partial charge in [-0.1, -0.05) is 24.3 Å². The molecule has 0 spiro atoms. The molecule has 18 heavy (non-hydrogen) atoms. The van der Waals surface area contributed by atoms with E-state index in [-0.39, 0.29) is 11.9 Å². The van der Waals surface area contributed by atoms with Crippen molar-refractivity contribution in [1.82, 2.24) is 10.2 Å². The van der Waals surface area contributed by atoms with E-state index in [1.807, 2.05) is 45.3 Å². The second-order valence-electron chi connectivity index (χ2n) is 4.93. The van der Waals surface area contributed by atoms with Crippen LogP contribution in [0.1, 0.15) is 18.1 Å². The summed E-state index contributed by atoms with van der Waals surface area (Å²) in [4.78, 5) is 13.9. The standard InChI is InChI=1S/C14H23N3O/c1-11(10-17(2)3)16-14(18)8-12-4-6-13(9-15)7-5-12/h4-7,11H,8-10,15H2,1-3H3,(H,16,18). The molecule has 4 heteroatoms. The van der Waals surface area contributed by atoms with Crippen LogP contribution in [0.15, 0.2) is 24.3 Å². The number of hydrogen-bond donors (Lipinski definition) is 2. The zero-order valence-electron chi connectivity index (χ0n) is 11.4. The van der Waals surface area contributed by atoms with Crippen LogP contribution in [0, 0.1) is 0 Å². The molecule has 0 aliphatic rings. The summed E-state index contributed by atoms with van der Waals surface area (Å²) in [7, 11) is 3.99. The Morgan fingerprint density at radius 2 is 1.83 bits per heavy atom. The molecule has 0 aliphatic heterocycles. The Hall–Kier alpha value is -1.39. The minimum Gasteiger partial charge on any atom is -0.352 e. The molecule has 1 unspecified atom stereocenters. The van der Waals surface area contributed by atoms with Gasteiger partial charge in [0.1, 0.15) is 0 Å². The molecule has 0 radical (unpaired) electrons. The summed E-state index contributed by atoms with van der Waals surface area (Å²) in [5.74, 6) is 0.0600. The molecule has 3 N–H and O–H groups in total. The predicted molar refractivity (Wildman–Crippen MR) is 74.2 cm³/mol. The highest BCUT2D eigenvalue weighted by Crippen LogP contribution is 2.04. The Balaban J connectivity index is 2.43. The van der Waals surface area contributed by atoms with E-state index in [0.29, 0.717) is 13.0 Å². The topological polar surface area (TPSA) is 58.4 Å². The van der Waals surface area contributed by atoms with Gasteiger partial charge in [-0.05, 0) is 32.1 Å². The predicted octanol–water partition coefficient (Wildman–Crippen LogP) is 0.754. The van der Waals surface area contributed by atoms with E-state index in [2.05, 4.69) is 10.2 Å². The van der Waals surface area contributed by atoms with E-state index in [0.717, 1.165) is 17.7 Å². The fourth-order valence-corrected chi connectivity index (χ4v) is 1.90. The second-order valence-corrected chi connectivity index (χ2v) is 4.93. The number of hydrogen-bond acceptors (Lipinski definition) is 3. The van der Waals surface area contributed by atoms with Crippen molar-refractivity contribution >= 4 is 5.91 Å². The van der Waals surface area contributed by atoms with Crippen LogP contribution in [0.25, 0.3) is 0 Å². The SMILES string of the molecule is CC(CN(C)C)NC(=O)Cc1ccc(CN)cc1. The molecule has 0 saturated carbocycles. The van der Waals surface area contributed by atoms with Crippen molar-refractivity contribution in [3.05, 3.63) is 35.4 Å². The van der Waals surface area contributed by atoms with E-state index in [1.165, 1.54) is 0 Å². The van der Waals surface area contributed by atoms with Crippen LogP contribution in [0.2, 0.25) is 0 Å². The quantitative estimate of drug-likeness (QED) is 0.782. The average molecular weight is 249 g/mol. The zero-order valence-corrected chi connectivity index (χ0v) is 11.4. The number of amides is 1. The number of rotatable bonds is 6. The maximum absolute atomic E-state index is 11.8. The molecule has 0 aromatic heterocycles. The molecule has 0 fully saturated rings. The van der Waals surface area contributed by atoms with Gasteiger partial charge in [-0.3, -0.25) is 4.79 Å². The molecule has 1 atom stereocenters. The number of likely N-dealkylation sites (N-methyl/N-ethyl adjacent to an activating group) is 1. The van der Waals surface area contributed by atoms with Crippen molar-refractivity contribution in [1.29, 1.82) is 0 Å². The number of benzene rings is 1. The van der Waals surface area contributed by atoms with Gasteiger partial charge in [0.25, 0.3) is 0 Å². The Morgan fingerprint density at radius 1 is 1.28 bits per heavy atom. The summed E-state index contributed by atoms with van der Waals surface area (Å²) in [6, 6.07) is 8.00. The molecule has 0 saturated heterocycles. The van der Waals surface area contributed by atoms with E-state index < -0.39 is 0 Å².